The molecule has 1 N–H and O–H groups in total. The SMILES string of the molecule is Cc1ccc(S(=O)(=O)N(CC(=O)Nc2c(C)cccc2C)c2ccc(Cl)cc2)cc1. The van der Waals surface area contributed by atoms with E-state index in [4.69, 9.17) is 11.6 Å². The molecule has 0 saturated carbocycles. The molecule has 0 heterocycles. The van der Waals surface area contributed by atoms with Gasteiger partial charge >= 0.3 is 0 Å². The van der Waals surface area contributed by atoms with Crippen LogP contribution in [0.5, 0.6) is 0 Å². The van der Waals surface area contributed by atoms with Crippen LogP contribution in [0.1, 0.15) is 16.7 Å². The maximum Gasteiger partial charge on any atom is 0.264 e. The zero-order valence-electron chi connectivity index (χ0n) is 17.0. The molecule has 0 fully saturated rings. The number of nitrogens with one attached hydrogen (secondary N) is 1. The van der Waals surface area contributed by atoms with Gasteiger partial charge in [0.05, 0.1) is 10.6 Å². The van der Waals surface area contributed by atoms with Gasteiger partial charge in [-0.3, -0.25) is 9.10 Å². The van der Waals surface area contributed by atoms with Gasteiger partial charge in [0.25, 0.3) is 10.0 Å². The quantitative estimate of drug-likeness (QED) is 0.577. The molecule has 0 radical (unpaired) electrons. The van der Waals surface area contributed by atoms with E-state index in [2.05, 4.69) is 5.32 Å². The van der Waals surface area contributed by atoms with Crippen molar-refractivity contribution in [3.63, 3.8) is 0 Å². The van der Waals surface area contributed by atoms with E-state index in [-0.39, 0.29) is 11.4 Å². The molecule has 0 aliphatic rings. The number of aryl methyl sites for hydroxylation is 3. The van der Waals surface area contributed by atoms with Gasteiger partial charge in [-0.2, -0.15) is 0 Å². The molecule has 0 bridgehead atoms. The van der Waals surface area contributed by atoms with Crippen LogP contribution in [-0.4, -0.2) is 20.9 Å². The van der Waals surface area contributed by atoms with E-state index in [1.54, 1.807) is 36.4 Å². The summed E-state index contributed by atoms with van der Waals surface area (Å²) in [7, 11) is -3.96. The normalized spacial score (nSPS) is 11.2. The highest BCUT2D eigenvalue weighted by atomic mass is 35.5. The van der Waals surface area contributed by atoms with Crippen molar-refractivity contribution in [2.75, 3.05) is 16.2 Å². The smallest absolute Gasteiger partial charge is 0.264 e. The highest BCUT2D eigenvalue weighted by molar-refractivity contribution is 7.92. The largest absolute Gasteiger partial charge is 0.324 e. The number of anilines is 2. The topological polar surface area (TPSA) is 66.5 Å². The van der Waals surface area contributed by atoms with Crippen molar-refractivity contribution in [1.82, 2.24) is 0 Å². The Hall–Kier alpha value is -2.83. The molecular weight excluding hydrogens is 420 g/mol. The lowest BCUT2D eigenvalue weighted by Crippen LogP contribution is -2.38. The van der Waals surface area contributed by atoms with Crippen molar-refractivity contribution in [2.45, 2.75) is 25.7 Å². The lowest BCUT2D eigenvalue weighted by molar-refractivity contribution is -0.114. The van der Waals surface area contributed by atoms with Gasteiger partial charge in [-0.05, 0) is 68.3 Å². The van der Waals surface area contributed by atoms with Crippen LogP contribution in [0.25, 0.3) is 0 Å². The number of halogens is 1. The number of amides is 1. The second-order valence-electron chi connectivity index (χ2n) is 7.12. The van der Waals surface area contributed by atoms with E-state index < -0.39 is 15.9 Å². The molecule has 0 saturated heterocycles. The summed E-state index contributed by atoms with van der Waals surface area (Å²) in [5.74, 6) is -0.432. The van der Waals surface area contributed by atoms with Gasteiger partial charge in [0.2, 0.25) is 5.91 Å². The van der Waals surface area contributed by atoms with Crippen molar-refractivity contribution in [1.29, 1.82) is 0 Å². The minimum atomic E-state index is -3.96. The molecule has 3 rings (SSSR count). The van der Waals surface area contributed by atoms with Gasteiger partial charge in [0.1, 0.15) is 6.54 Å². The number of sulfonamides is 1. The second kappa shape index (κ2) is 8.90. The molecule has 156 valence electrons. The Balaban J connectivity index is 1.96. The molecule has 30 heavy (non-hydrogen) atoms. The maximum atomic E-state index is 13.4. The number of hydrogen-bond acceptors (Lipinski definition) is 3. The molecule has 3 aromatic carbocycles. The van der Waals surface area contributed by atoms with Crippen LogP contribution >= 0.6 is 11.6 Å². The summed E-state index contributed by atoms with van der Waals surface area (Å²) in [6.07, 6.45) is 0. The summed E-state index contributed by atoms with van der Waals surface area (Å²) < 4.78 is 27.8. The summed E-state index contributed by atoms with van der Waals surface area (Å²) in [5.41, 5.74) is 3.80. The summed E-state index contributed by atoms with van der Waals surface area (Å²) in [6, 6.07) is 18.6. The number of benzene rings is 3. The first-order valence-corrected chi connectivity index (χ1v) is 11.2. The first-order chi connectivity index (χ1) is 14.2. The monoisotopic (exact) mass is 442 g/mol. The van der Waals surface area contributed by atoms with E-state index >= 15 is 0 Å². The Morgan fingerprint density at radius 1 is 0.900 bits per heavy atom. The highest BCUT2D eigenvalue weighted by Gasteiger charge is 2.27. The molecule has 5 nitrogen and oxygen atoms in total. The third-order valence-electron chi connectivity index (χ3n) is 4.76. The molecule has 3 aromatic rings. The Morgan fingerprint density at radius 2 is 1.47 bits per heavy atom. The fraction of sp³-hybridized carbons (Fsp3) is 0.174. The average molecular weight is 443 g/mol. The Bertz CT molecular complexity index is 1140. The van der Waals surface area contributed by atoms with Crippen molar-refractivity contribution in [3.8, 4) is 0 Å². The van der Waals surface area contributed by atoms with E-state index in [0.717, 1.165) is 21.0 Å². The molecular formula is C23H23ClN2O3S. The number of carbonyl (C=O) groups excluding carboxylic acids is 1. The van der Waals surface area contributed by atoms with E-state index in [0.29, 0.717) is 16.4 Å². The first kappa shape index (κ1) is 21.9. The minimum Gasteiger partial charge on any atom is -0.324 e. The number of para-hydroxylation sites is 1. The Morgan fingerprint density at radius 3 is 2.03 bits per heavy atom. The van der Waals surface area contributed by atoms with Gasteiger partial charge in [0, 0.05) is 10.7 Å². The summed E-state index contributed by atoms with van der Waals surface area (Å²) >= 11 is 5.97. The zero-order chi connectivity index (χ0) is 21.9. The van der Waals surface area contributed by atoms with Crippen molar-refractivity contribution in [2.24, 2.45) is 0 Å². The Labute approximate surface area is 182 Å². The average Bonchev–Trinajstić information content (AvgIpc) is 2.70. The molecule has 0 aliphatic carbocycles. The molecule has 0 aromatic heterocycles. The van der Waals surface area contributed by atoms with E-state index in [9.17, 15) is 13.2 Å². The Kier molecular flexibility index (Phi) is 6.48. The summed E-state index contributed by atoms with van der Waals surface area (Å²) in [4.78, 5) is 13.0. The van der Waals surface area contributed by atoms with Gasteiger partial charge < -0.3 is 5.32 Å². The number of nitrogens with zero attached hydrogens (tertiary/aromatic N) is 1. The van der Waals surface area contributed by atoms with E-state index in [1.165, 1.54) is 12.1 Å². The van der Waals surface area contributed by atoms with Crippen LogP contribution in [0.2, 0.25) is 5.02 Å². The third kappa shape index (κ3) is 4.83. The number of rotatable bonds is 6. The van der Waals surface area contributed by atoms with Crippen LogP contribution in [0.3, 0.4) is 0 Å². The van der Waals surface area contributed by atoms with E-state index in [1.807, 2.05) is 39.0 Å². The van der Waals surface area contributed by atoms with Gasteiger partial charge in [-0.1, -0.05) is 47.5 Å². The minimum absolute atomic E-state index is 0.114. The number of hydrogen-bond donors (Lipinski definition) is 1. The maximum absolute atomic E-state index is 13.4. The molecule has 1 amide bonds. The van der Waals surface area contributed by atoms with Crippen LogP contribution in [-0.2, 0) is 14.8 Å². The lowest BCUT2D eigenvalue weighted by atomic mass is 10.1. The molecule has 0 unspecified atom stereocenters. The predicted octanol–water partition coefficient (Wildman–Crippen LogP) is 5.10. The number of carbonyl (C=O) groups is 1. The zero-order valence-corrected chi connectivity index (χ0v) is 18.6. The summed E-state index contributed by atoms with van der Waals surface area (Å²) in [6.45, 7) is 5.29. The fourth-order valence-corrected chi connectivity index (χ4v) is 4.63. The lowest BCUT2D eigenvalue weighted by Gasteiger charge is -2.24. The predicted molar refractivity (Wildman–Crippen MR) is 122 cm³/mol. The molecule has 0 atom stereocenters. The van der Waals surface area contributed by atoms with Gasteiger partial charge in [0.15, 0.2) is 0 Å². The van der Waals surface area contributed by atoms with Crippen LogP contribution < -0.4 is 9.62 Å². The van der Waals surface area contributed by atoms with Crippen molar-refractivity contribution in [3.05, 3.63) is 88.4 Å². The first-order valence-electron chi connectivity index (χ1n) is 9.39. The van der Waals surface area contributed by atoms with Gasteiger partial charge in [-0.25, -0.2) is 8.42 Å². The molecule has 0 spiro atoms. The van der Waals surface area contributed by atoms with Crippen LogP contribution in [0.4, 0.5) is 11.4 Å². The summed E-state index contributed by atoms with van der Waals surface area (Å²) in [5, 5.41) is 3.33. The van der Waals surface area contributed by atoms with Crippen LogP contribution in [0.15, 0.2) is 71.6 Å². The van der Waals surface area contributed by atoms with Gasteiger partial charge in [-0.15, -0.1) is 0 Å². The van der Waals surface area contributed by atoms with Crippen LogP contribution in [0, 0.1) is 20.8 Å². The van der Waals surface area contributed by atoms with Crippen molar-refractivity contribution < 1.29 is 13.2 Å². The highest BCUT2D eigenvalue weighted by Crippen LogP contribution is 2.26. The standard InChI is InChI=1S/C23H23ClN2O3S/c1-16-7-13-21(14-8-16)30(28,29)26(20-11-9-19(24)10-12-20)15-22(27)25-23-17(2)5-4-6-18(23)3/h4-14H,15H2,1-3H3,(H,25,27). The third-order valence-corrected chi connectivity index (χ3v) is 6.80. The van der Waals surface area contributed by atoms with Crippen molar-refractivity contribution >= 4 is 38.9 Å². The molecule has 0 aliphatic heterocycles. The second-order valence-corrected chi connectivity index (χ2v) is 9.41. The fourth-order valence-electron chi connectivity index (χ4n) is 3.08. The molecule has 7 heteroatoms.